The van der Waals surface area contributed by atoms with Crippen LogP contribution in [-0.4, -0.2) is 88.9 Å². The Morgan fingerprint density at radius 1 is 0.675 bits per heavy atom. The molecule has 13 heteroatoms. The molecule has 0 aliphatic rings. The summed E-state index contributed by atoms with van der Waals surface area (Å²) in [6.07, 6.45) is -1.10. The minimum atomic E-state index is -1.10. The molecule has 0 spiro atoms. The molecule has 0 radical (unpaired) electrons. The van der Waals surface area contributed by atoms with E-state index in [0.29, 0.717) is 0 Å². The van der Waals surface area contributed by atoms with Crippen LogP contribution in [-0.2, 0) is 28.5 Å². The fourth-order valence-corrected chi connectivity index (χ4v) is 3.09. The minimum Gasteiger partial charge on any atom is -0.491 e. The fourth-order valence-electron chi connectivity index (χ4n) is 3.09. The Labute approximate surface area is 230 Å². The zero-order valence-electron chi connectivity index (χ0n) is 22.6. The average molecular weight is 565 g/mol. The predicted molar refractivity (Wildman–Crippen MR) is 137 cm³/mol. The van der Waals surface area contributed by atoms with E-state index in [4.69, 9.17) is 37.9 Å². The number of aliphatic hydroxyl groups is 1. The topological polar surface area (TPSA) is 162 Å². The van der Waals surface area contributed by atoms with Crippen LogP contribution in [0.3, 0.4) is 0 Å². The molecular weight excluding hydrogens is 532 g/mol. The quantitative estimate of drug-likeness (QED) is 0.233. The third-order valence-electron chi connectivity index (χ3n) is 4.90. The Morgan fingerprint density at radius 2 is 1.07 bits per heavy atom. The minimum absolute atomic E-state index is 0.0317. The molecular formula is C27H32O13. The first-order valence-corrected chi connectivity index (χ1v) is 12.2. The number of esters is 4. The van der Waals surface area contributed by atoms with Crippen molar-refractivity contribution in [1.29, 1.82) is 0 Å². The van der Waals surface area contributed by atoms with E-state index in [1.807, 2.05) is 0 Å². The van der Waals surface area contributed by atoms with Crippen molar-refractivity contribution in [3.63, 3.8) is 0 Å². The van der Waals surface area contributed by atoms with Gasteiger partial charge in [-0.25, -0.2) is 19.2 Å². The smallest absolute Gasteiger partial charge is 0.344 e. The summed E-state index contributed by atoms with van der Waals surface area (Å²) < 4.78 is 41.1. The van der Waals surface area contributed by atoms with Crippen LogP contribution in [0.15, 0.2) is 36.4 Å². The second kappa shape index (κ2) is 16.4. The van der Waals surface area contributed by atoms with Gasteiger partial charge < -0.3 is 43.0 Å². The predicted octanol–water partition coefficient (Wildman–Crippen LogP) is 1.96. The number of methoxy groups -OCH3 is 2. The molecule has 0 amide bonds. The van der Waals surface area contributed by atoms with Crippen LogP contribution < -0.4 is 18.9 Å². The second-order valence-electron chi connectivity index (χ2n) is 7.76. The van der Waals surface area contributed by atoms with Gasteiger partial charge in [-0.15, -0.1) is 0 Å². The van der Waals surface area contributed by atoms with E-state index in [1.54, 1.807) is 13.8 Å². The Bertz CT molecular complexity index is 1070. The molecule has 2 rings (SSSR count). The molecule has 0 aromatic heterocycles. The zero-order valence-corrected chi connectivity index (χ0v) is 22.6. The first kappa shape index (κ1) is 31.7. The van der Waals surface area contributed by atoms with E-state index in [0.717, 1.165) is 0 Å². The zero-order chi connectivity index (χ0) is 29.5. The molecule has 13 nitrogen and oxygen atoms in total. The van der Waals surface area contributed by atoms with Crippen molar-refractivity contribution < 1.29 is 62.2 Å². The fraction of sp³-hybridized carbons (Fsp3) is 0.407. The van der Waals surface area contributed by atoms with Crippen LogP contribution in [0, 0.1) is 0 Å². The molecule has 0 aliphatic heterocycles. The molecule has 40 heavy (non-hydrogen) atoms. The van der Waals surface area contributed by atoms with Crippen LogP contribution in [0.1, 0.15) is 34.6 Å². The van der Waals surface area contributed by atoms with Crippen LogP contribution in [0.25, 0.3) is 0 Å². The van der Waals surface area contributed by atoms with Crippen molar-refractivity contribution in [1.82, 2.24) is 0 Å². The summed E-state index contributed by atoms with van der Waals surface area (Å²) in [5.41, 5.74) is 0.138. The van der Waals surface area contributed by atoms with Crippen molar-refractivity contribution in [3.05, 3.63) is 47.5 Å². The Balaban J connectivity index is 2.02. The van der Waals surface area contributed by atoms with Crippen molar-refractivity contribution >= 4 is 23.9 Å². The van der Waals surface area contributed by atoms with Crippen molar-refractivity contribution in [2.24, 2.45) is 0 Å². The maximum atomic E-state index is 12.0. The third kappa shape index (κ3) is 9.98. The summed E-state index contributed by atoms with van der Waals surface area (Å²) in [6, 6.07) is 8.47. The van der Waals surface area contributed by atoms with Gasteiger partial charge in [-0.05, 0) is 38.1 Å². The van der Waals surface area contributed by atoms with E-state index in [2.05, 4.69) is 0 Å². The lowest BCUT2D eigenvalue weighted by Gasteiger charge is -2.16. The summed E-state index contributed by atoms with van der Waals surface area (Å²) in [6.45, 7) is 2.37. The van der Waals surface area contributed by atoms with Crippen LogP contribution >= 0.6 is 0 Å². The molecule has 0 fully saturated rings. The first-order chi connectivity index (χ1) is 19.2. The normalized spacial score (nSPS) is 10.3. The van der Waals surface area contributed by atoms with Crippen molar-refractivity contribution in [2.45, 2.75) is 20.0 Å². The van der Waals surface area contributed by atoms with Gasteiger partial charge in [0.1, 0.15) is 53.4 Å². The van der Waals surface area contributed by atoms with Crippen LogP contribution in [0.5, 0.6) is 23.0 Å². The molecule has 0 heterocycles. The number of hydrogen-bond acceptors (Lipinski definition) is 13. The van der Waals surface area contributed by atoms with Crippen molar-refractivity contribution in [3.8, 4) is 23.0 Å². The van der Waals surface area contributed by atoms with Crippen molar-refractivity contribution in [2.75, 3.05) is 53.9 Å². The molecule has 1 N–H and O–H groups in total. The lowest BCUT2D eigenvalue weighted by molar-refractivity contribution is -0.146. The largest absolute Gasteiger partial charge is 0.491 e. The molecule has 2 aromatic rings. The second-order valence-corrected chi connectivity index (χ2v) is 7.76. The average Bonchev–Trinajstić information content (AvgIpc) is 2.96. The van der Waals surface area contributed by atoms with Gasteiger partial charge in [0.15, 0.2) is 13.2 Å². The number of aliphatic hydroxyl groups excluding tert-OH is 1. The maximum absolute atomic E-state index is 12.0. The highest BCUT2D eigenvalue weighted by molar-refractivity contribution is 5.93. The number of hydrogen-bond donors (Lipinski definition) is 1. The third-order valence-corrected chi connectivity index (χ3v) is 4.90. The monoisotopic (exact) mass is 564 g/mol. The highest BCUT2D eigenvalue weighted by Crippen LogP contribution is 2.27. The maximum Gasteiger partial charge on any atom is 0.344 e. The van der Waals surface area contributed by atoms with E-state index >= 15 is 0 Å². The number of carbonyl (C=O) groups is 4. The summed E-state index contributed by atoms with van der Waals surface area (Å²) in [5, 5.41) is 10.4. The Kier molecular flexibility index (Phi) is 13.0. The highest BCUT2D eigenvalue weighted by atomic mass is 16.6. The first-order valence-electron chi connectivity index (χ1n) is 12.2. The Morgan fingerprint density at radius 3 is 1.43 bits per heavy atom. The molecule has 0 saturated carbocycles. The van der Waals surface area contributed by atoms with E-state index in [1.165, 1.54) is 50.6 Å². The number of rotatable bonds is 16. The SMILES string of the molecule is CCOC(=O)COc1cc(OCC(O)COc2ccc(C(=O)OC)c(OCC(=O)OCC)c2)ccc1C(=O)OC. The number of carbonyl (C=O) groups excluding carboxylic acids is 4. The standard InChI is InChI=1S/C27H32O13/c1-5-35-24(29)15-39-22-11-18(7-9-20(22)26(31)33-3)37-13-17(28)14-38-19-8-10-21(27(32)34-4)23(12-19)40-16-25(30)36-6-2/h7-12,17,28H,5-6,13-16H2,1-4H3. The molecule has 0 unspecified atom stereocenters. The van der Waals surface area contributed by atoms with E-state index < -0.39 is 43.2 Å². The highest BCUT2D eigenvalue weighted by Gasteiger charge is 2.18. The van der Waals surface area contributed by atoms with Gasteiger partial charge in [0.05, 0.1) is 27.4 Å². The van der Waals surface area contributed by atoms with Gasteiger partial charge >= 0.3 is 23.9 Å². The summed E-state index contributed by atoms with van der Waals surface area (Å²) >= 11 is 0. The molecule has 2 aromatic carbocycles. The van der Waals surface area contributed by atoms with Crippen LogP contribution in [0.2, 0.25) is 0 Å². The summed E-state index contributed by atoms with van der Waals surface area (Å²) in [7, 11) is 2.41. The van der Waals surface area contributed by atoms with Gasteiger partial charge in [0.2, 0.25) is 0 Å². The number of ether oxygens (including phenoxy) is 8. The summed E-state index contributed by atoms with van der Waals surface area (Å²) in [4.78, 5) is 47.4. The molecule has 0 bridgehead atoms. The molecule has 0 atom stereocenters. The number of benzene rings is 2. The summed E-state index contributed by atoms with van der Waals surface area (Å²) in [5.74, 6) is -2.05. The van der Waals surface area contributed by atoms with Gasteiger partial charge in [-0.3, -0.25) is 0 Å². The Hall–Kier alpha value is -4.52. The van der Waals surface area contributed by atoms with Gasteiger partial charge in [-0.2, -0.15) is 0 Å². The molecule has 0 saturated heterocycles. The van der Waals surface area contributed by atoms with Gasteiger partial charge in [0.25, 0.3) is 0 Å². The lowest BCUT2D eigenvalue weighted by Crippen LogP contribution is -2.25. The molecule has 218 valence electrons. The van der Waals surface area contributed by atoms with Gasteiger partial charge in [0, 0.05) is 12.1 Å². The lowest BCUT2D eigenvalue weighted by atomic mass is 10.2. The van der Waals surface area contributed by atoms with Crippen LogP contribution in [0.4, 0.5) is 0 Å². The van der Waals surface area contributed by atoms with E-state index in [-0.39, 0.29) is 60.6 Å². The van der Waals surface area contributed by atoms with Gasteiger partial charge in [-0.1, -0.05) is 0 Å². The molecule has 0 aliphatic carbocycles. The van der Waals surface area contributed by atoms with E-state index in [9.17, 15) is 24.3 Å².